The molecule has 2 rings (SSSR count). The summed E-state index contributed by atoms with van der Waals surface area (Å²) in [4.78, 5) is 23.7. The maximum Gasteiger partial charge on any atom is 0.310 e. The first-order valence-electron chi connectivity index (χ1n) is 9.19. The molecule has 25 heavy (non-hydrogen) atoms. The Morgan fingerprint density at radius 2 is 1.80 bits per heavy atom. The fraction of sp³-hybridized carbons (Fsp3) is 0.600. The highest BCUT2D eigenvalue weighted by atomic mass is 16.5. The van der Waals surface area contributed by atoms with Gasteiger partial charge in [0.2, 0.25) is 0 Å². The monoisotopic (exact) mass is 347 g/mol. The van der Waals surface area contributed by atoms with Gasteiger partial charge in [0.25, 0.3) is 5.91 Å². The van der Waals surface area contributed by atoms with Crippen LogP contribution in [-0.4, -0.2) is 31.1 Å². The molecule has 0 aliphatic heterocycles. The highest BCUT2D eigenvalue weighted by molar-refractivity contribution is 5.81. The van der Waals surface area contributed by atoms with Gasteiger partial charge in [-0.15, -0.1) is 0 Å². The number of carbonyl (C=O) groups excluding carboxylic acids is 2. The summed E-state index contributed by atoms with van der Waals surface area (Å²) in [7, 11) is 0. The molecule has 0 atom stereocenters. The van der Waals surface area contributed by atoms with E-state index in [0.717, 1.165) is 37.0 Å². The van der Waals surface area contributed by atoms with Gasteiger partial charge in [-0.3, -0.25) is 9.59 Å². The van der Waals surface area contributed by atoms with Crippen LogP contribution in [0.2, 0.25) is 0 Å². The second-order valence-electron chi connectivity index (χ2n) is 7.09. The van der Waals surface area contributed by atoms with Crippen molar-refractivity contribution in [3.05, 3.63) is 29.8 Å². The van der Waals surface area contributed by atoms with E-state index in [-0.39, 0.29) is 25.0 Å². The molecule has 0 saturated heterocycles. The molecule has 1 aromatic rings. The lowest BCUT2D eigenvalue weighted by atomic mass is 9.95. The molecule has 1 fully saturated rings. The number of hydrogen-bond acceptors (Lipinski definition) is 4. The summed E-state index contributed by atoms with van der Waals surface area (Å²) in [6.07, 6.45) is 5.74. The molecular formula is C20H29NO4. The normalized spacial score (nSPS) is 15.0. The largest absolute Gasteiger partial charge is 0.493 e. The zero-order valence-corrected chi connectivity index (χ0v) is 15.3. The summed E-state index contributed by atoms with van der Waals surface area (Å²) in [6, 6.07) is 7.62. The second kappa shape index (κ2) is 10.1. The fourth-order valence-electron chi connectivity index (χ4n) is 2.85. The van der Waals surface area contributed by atoms with Crippen LogP contribution < -0.4 is 10.1 Å². The number of carbonyl (C=O) groups is 2. The van der Waals surface area contributed by atoms with Gasteiger partial charge >= 0.3 is 5.97 Å². The van der Waals surface area contributed by atoms with Crippen molar-refractivity contribution < 1.29 is 19.1 Å². The van der Waals surface area contributed by atoms with Crippen molar-refractivity contribution in [1.82, 2.24) is 5.32 Å². The topological polar surface area (TPSA) is 64.6 Å². The smallest absolute Gasteiger partial charge is 0.310 e. The van der Waals surface area contributed by atoms with E-state index in [0.29, 0.717) is 12.5 Å². The zero-order valence-electron chi connectivity index (χ0n) is 15.3. The van der Waals surface area contributed by atoms with E-state index in [9.17, 15) is 9.59 Å². The SMILES string of the molecule is CC(C)COc1ccc(CC(=O)OCC(=O)NC2CCCCC2)cc1. The first-order valence-corrected chi connectivity index (χ1v) is 9.19. The first kappa shape index (κ1) is 19.3. The van der Waals surface area contributed by atoms with Gasteiger partial charge in [0.1, 0.15) is 5.75 Å². The average Bonchev–Trinajstić information content (AvgIpc) is 2.60. The van der Waals surface area contributed by atoms with Crippen LogP contribution in [0.1, 0.15) is 51.5 Å². The summed E-state index contributed by atoms with van der Waals surface area (Å²) >= 11 is 0. The van der Waals surface area contributed by atoms with Gasteiger partial charge in [-0.25, -0.2) is 0 Å². The van der Waals surface area contributed by atoms with Crippen LogP contribution in [0, 0.1) is 5.92 Å². The molecule has 1 N–H and O–H groups in total. The van der Waals surface area contributed by atoms with E-state index in [1.807, 2.05) is 24.3 Å². The van der Waals surface area contributed by atoms with Gasteiger partial charge < -0.3 is 14.8 Å². The van der Waals surface area contributed by atoms with Crippen LogP contribution in [0.25, 0.3) is 0 Å². The molecule has 0 aromatic heterocycles. The number of ether oxygens (including phenoxy) is 2. The van der Waals surface area contributed by atoms with Crippen molar-refractivity contribution in [1.29, 1.82) is 0 Å². The van der Waals surface area contributed by atoms with Crippen molar-refractivity contribution in [3.8, 4) is 5.75 Å². The Kier molecular flexibility index (Phi) is 7.76. The number of esters is 1. The van der Waals surface area contributed by atoms with Crippen LogP contribution in [-0.2, 0) is 20.7 Å². The Balaban J connectivity index is 1.67. The van der Waals surface area contributed by atoms with E-state index in [1.54, 1.807) is 0 Å². The highest BCUT2D eigenvalue weighted by Crippen LogP contribution is 2.17. The van der Waals surface area contributed by atoms with E-state index in [1.165, 1.54) is 6.42 Å². The van der Waals surface area contributed by atoms with E-state index < -0.39 is 5.97 Å². The number of benzene rings is 1. The molecule has 0 bridgehead atoms. The van der Waals surface area contributed by atoms with Crippen LogP contribution in [0.3, 0.4) is 0 Å². The molecule has 0 heterocycles. The fourth-order valence-corrected chi connectivity index (χ4v) is 2.85. The van der Waals surface area contributed by atoms with E-state index in [4.69, 9.17) is 9.47 Å². The Morgan fingerprint density at radius 3 is 2.44 bits per heavy atom. The van der Waals surface area contributed by atoms with Gasteiger partial charge in [0.05, 0.1) is 13.0 Å². The van der Waals surface area contributed by atoms with E-state index in [2.05, 4.69) is 19.2 Å². The molecule has 5 heteroatoms. The molecule has 0 spiro atoms. The third-order valence-corrected chi connectivity index (χ3v) is 4.19. The standard InChI is InChI=1S/C20H29NO4/c1-15(2)13-24-18-10-8-16(9-11-18)12-20(23)25-14-19(22)21-17-6-4-3-5-7-17/h8-11,15,17H,3-7,12-14H2,1-2H3,(H,21,22). The Bertz CT molecular complexity index is 547. The number of rotatable bonds is 8. The van der Waals surface area contributed by atoms with Crippen molar-refractivity contribution in [2.45, 2.75) is 58.4 Å². The molecule has 1 aliphatic rings. The first-order chi connectivity index (χ1) is 12.0. The molecule has 0 unspecified atom stereocenters. The summed E-state index contributed by atoms with van der Waals surface area (Å²) in [5, 5.41) is 2.94. The van der Waals surface area contributed by atoms with Crippen molar-refractivity contribution in [2.75, 3.05) is 13.2 Å². The molecular weight excluding hydrogens is 318 g/mol. The number of amides is 1. The highest BCUT2D eigenvalue weighted by Gasteiger charge is 2.16. The Labute approximate surface area is 150 Å². The van der Waals surface area contributed by atoms with Crippen molar-refractivity contribution in [2.24, 2.45) is 5.92 Å². The third-order valence-electron chi connectivity index (χ3n) is 4.19. The maximum absolute atomic E-state index is 11.9. The van der Waals surface area contributed by atoms with Gasteiger partial charge in [-0.2, -0.15) is 0 Å². The lowest BCUT2D eigenvalue weighted by Crippen LogP contribution is -2.38. The Hall–Kier alpha value is -2.04. The van der Waals surface area contributed by atoms with Gasteiger partial charge in [0, 0.05) is 6.04 Å². The van der Waals surface area contributed by atoms with Crippen LogP contribution in [0.5, 0.6) is 5.75 Å². The minimum atomic E-state index is -0.394. The predicted octanol–water partition coefficient (Wildman–Crippen LogP) is 3.26. The molecule has 1 amide bonds. The average molecular weight is 347 g/mol. The maximum atomic E-state index is 11.9. The molecule has 1 saturated carbocycles. The lowest BCUT2D eigenvalue weighted by molar-refractivity contribution is -0.148. The second-order valence-corrected chi connectivity index (χ2v) is 7.09. The minimum Gasteiger partial charge on any atom is -0.493 e. The lowest BCUT2D eigenvalue weighted by Gasteiger charge is -2.22. The van der Waals surface area contributed by atoms with E-state index >= 15 is 0 Å². The van der Waals surface area contributed by atoms with Crippen LogP contribution in [0.15, 0.2) is 24.3 Å². The summed E-state index contributed by atoms with van der Waals surface area (Å²) in [5.74, 6) is 0.652. The third kappa shape index (κ3) is 7.59. The van der Waals surface area contributed by atoms with Crippen LogP contribution in [0.4, 0.5) is 0 Å². The van der Waals surface area contributed by atoms with Crippen molar-refractivity contribution >= 4 is 11.9 Å². The number of hydrogen-bond donors (Lipinski definition) is 1. The molecule has 1 aromatic carbocycles. The summed E-state index contributed by atoms with van der Waals surface area (Å²) in [6.45, 7) is 4.64. The van der Waals surface area contributed by atoms with Gasteiger partial charge in [-0.1, -0.05) is 45.2 Å². The summed E-state index contributed by atoms with van der Waals surface area (Å²) in [5.41, 5.74) is 0.842. The van der Waals surface area contributed by atoms with Crippen LogP contribution >= 0.6 is 0 Å². The van der Waals surface area contributed by atoms with Gasteiger partial charge in [0.15, 0.2) is 6.61 Å². The Morgan fingerprint density at radius 1 is 1.12 bits per heavy atom. The zero-order chi connectivity index (χ0) is 18.1. The molecule has 0 radical (unpaired) electrons. The molecule has 5 nitrogen and oxygen atoms in total. The quantitative estimate of drug-likeness (QED) is 0.733. The van der Waals surface area contributed by atoms with Gasteiger partial charge in [-0.05, 0) is 36.5 Å². The molecule has 1 aliphatic carbocycles. The van der Waals surface area contributed by atoms with Crippen molar-refractivity contribution in [3.63, 3.8) is 0 Å². The predicted molar refractivity (Wildman–Crippen MR) is 96.5 cm³/mol. The number of nitrogens with one attached hydrogen (secondary N) is 1. The summed E-state index contributed by atoms with van der Waals surface area (Å²) < 4.78 is 10.7. The minimum absolute atomic E-state index is 0.154. The molecule has 138 valence electrons.